The Balaban J connectivity index is 2.51. The van der Waals surface area contributed by atoms with Crippen molar-refractivity contribution >= 4 is 35.0 Å². The van der Waals surface area contributed by atoms with Gasteiger partial charge in [-0.3, -0.25) is 0 Å². The van der Waals surface area contributed by atoms with Crippen LogP contribution in [-0.2, 0) is 5.75 Å². The number of hydrogen-bond donors (Lipinski definition) is 1. The summed E-state index contributed by atoms with van der Waals surface area (Å²) in [7, 11) is 1.99. The lowest BCUT2D eigenvalue weighted by Gasteiger charge is -2.33. The summed E-state index contributed by atoms with van der Waals surface area (Å²) in [5, 5.41) is 5.61. The van der Waals surface area contributed by atoms with Crippen molar-refractivity contribution in [1.82, 2.24) is 5.32 Å². The molecule has 0 aliphatic carbocycles. The average Bonchev–Trinajstić information content (AvgIpc) is 2.32. The molecule has 0 bridgehead atoms. The van der Waals surface area contributed by atoms with Crippen molar-refractivity contribution in [3.05, 3.63) is 33.3 Å². The molecule has 0 saturated heterocycles. The Morgan fingerprint density at radius 3 is 2.69 bits per heavy atom. The quantitative estimate of drug-likeness (QED) is 0.865. The molecule has 1 nitrogen and oxygen atoms in total. The maximum absolute atomic E-state index is 6.30. The van der Waals surface area contributed by atoms with Crippen molar-refractivity contribution in [2.75, 3.05) is 7.05 Å². The molecule has 2 rings (SSSR count). The zero-order valence-corrected chi connectivity index (χ0v) is 11.7. The molecular formula is C12H15Cl2NS. The lowest BCUT2D eigenvalue weighted by Crippen LogP contribution is -2.31. The fourth-order valence-corrected chi connectivity index (χ4v) is 4.25. The van der Waals surface area contributed by atoms with E-state index < -0.39 is 0 Å². The van der Waals surface area contributed by atoms with Crippen LogP contribution >= 0.6 is 35.0 Å². The average molecular weight is 276 g/mol. The van der Waals surface area contributed by atoms with E-state index in [0.29, 0.717) is 11.3 Å². The van der Waals surface area contributed by atoms with E-state index in [4.69, 9.17) is 23.2 Å². The highest BCUT2D eigenvalue weighted by Crippen LogP contribution is 2.44. The number of thioether (sulfide) groups is 1. The van der Waals surface area contributed by atoms with E-state index in [1.807, 2.05) is 30.9 Å². The Morgan fingerprint density at radius 1 is 1.38 bits per heavy atom. The molecule has 88 valence electrons. The molecule has 1 heterocycles. The number of halogens is 2. The summed E-state index contributed by atoms with van der Waals surface area (Å²) in [5.41, 5.74) is 2.39. The van der Waals surface area contributed by atoms with Gasteiger partial charge in [-0.15, -0.1) is 0 Å². The highest BCUT2D eigenvalue weighted by molar-refractivity contribution is 7.99. The van der Waals surface area contributed by atoms with Gasteiger partial charge in [-0.05, 0) is 36.7 Å². The third kappa shape index (κ3) is 2.08. The molecule has 2 unspecified atom stereocenters. The van der Waals surface area contributed by atoms with E-state index in [0.717, 1.165) is 22.2 Å². The van der Waals surface area contributed by atoms with E-state index in [1.165, 1.54) is 11.1 Å². The van der Waals surface area contributed by atoms with Crippen LogP contribution < -0.4 is 5.32 Å². The summed E-state index contributed by atoms with van der Waals surface area (Å²) in [6, 6.07) is 4.10. The van der Waals surface area contributed by atoms with Gasteiger partial charge in [0.15, 0.2) is 0 Å². The molecule has 1 aromatic carbocycles. The molecule has 4 heteroatoms. The van der Waals surface area contributed by atoms with Gasteiger partial charge in [0.05, 0.1) is 0 Å². The molecule has 0 aromatic heterocycles. The minimum Gasteiger partial charge on any atom is -0.312 e. The number of rotatable bonds is 2. The molecule has 1 aromatic rings. The number of benzene rings is 1. The predicted octanol–water partition coefficient (Wildman–Crippen LogP) is 4.28. The largest absolute Gasteiger partial charge is 0.312 e. The summed E-state index contributed by atoms with van der Waals surface area (Å²) in [6.45, 7) is 2.21. The van der Waals surface area contributed by atoms with Gasteiger partial charge in [-0.25, -0.2) is 0 Å². The number of nitrogens with one attached hydrogen (secondary N) is 1. The predicted molar refractivity (Wildman–Crippen MR) is 73.6 cm³/mol. The van der Waals surface area contributed by atoms with Crippen LogP contribution in [-0.4, -0.2) is 12.3 Å². The molecule has 1 aliphatic heterocycles. The second-order valence-corrected chi connectivity index (χ2v) is 5.99. The zero-order chi connectivity index (χ0) is 11.7. The molecule has 1 aliphatic rings. The Bertz CT molecular complexity index is 395. The normalized spacial score (nSPS) is 24.2. The molecule has 0 amide bonds. The van der Waals surface area contributed by atoms with Crippen LogP contribution in [0.3, 0.4) is 0 Å². The van der Waals surface area contributed by atoms with E-state index in [9.17, 15) is 0 Å². The van der Waals surface area contributed by atoms with E-state index >= 15 is 0 Å². The molecule has 0 saturated carbocycles. The van der Waals surface area contributed by atoms with Crippen LogP contribution in [0.5, 0.6) is 0 Å². The Morgan fingerprint density at radius 2 is 2.06 bits per heavy atom. The minimum atomic E-state index is 0.310. The lowest BCUT2D eigenvalue weighted by molar-refractivity contribution is 0.547. The Labute approximate surface area is 111 Å². The zero-order valence-electron chi connectivity index (χ0n) is 9.39. The Hall–Kier alpha value is 0.110. The summed E-state index contributed by atoms with van der Waals surface area (Å²) < 4.78 is 0. The van der Waals surface area contributed by atoms with Crippen molar-refractivity contribution in [3.8, 4) is 0 Å². The maximum Gasteiger partial charge on any atom is 0.0458 e. The number of fused-ring (bicyclic) bond motifs is 1. The van der Waals surface area contributed by atoms with Gasteiger partial charge in [0.2, 0.25) is 0 Å². The second-order valence-electron chi connectivity index (χ2n) is 3.95. The molecule has 0 spiro atoms. The number of hydrogen-bond acceptors (Lipinski definition) is 2. The molecule has 2 atom stereocenters. The monoisotopic (exact) mass is 275 g/mol. The van der Waals surface area contributed by atoms with Crippen molar-refractivity contribution in [2.45, 2.75) is 30.4 Å². The smallest absolute Gasteiger partial charge is 0.0458 e. The third-order valence-corrected chi connectivity index (χ3v) is 5.26. The molecule has 0 fully saturated rings. The topological polar surface area (TPSA) is 12.0 Å². The van der Waals surface area contributed by atoms with Crippen LogP contribution in [0.2, 0.25) is 10.0 Å². The first-order chi connectivity index (χ1) is 7.69. The molecule has 16 heavy (non-hydrogen) atoms. The van der Waals surface area contributed by atoms with Crippen LogP contribution in [0, 0.1) is 0 Å². The van der Waals surface area contributed by atoms with Gasteiger partial charge in [0.1, 0.15) is 0 Å². The van der Waals surface area contributed by atoms with Gasteiger partial charge in [0, 0.05) is 27.1 Å². The standard InChI is InChI=1S/C12H15Cl2NS/c1-3-10-12(15-2)11-7(6-16-10)8(13)4-5-9(11)14/h4-5,10,12,15H,3,6H2,1-2H3. The Kier molecular flexibility index (Phi) is 4.06. The summed E-state index contributed by atoms with van der Waals surface area (Å²) in [6.07, 6.45) is 1.14. The minimum absolute atomic E-state index is 0.310. The van der Waals surface area contributed by atoms with Gasteiger partial charge in [0.25, 0.3) is 0 Å². The van der Waals surface area contributed by atoms with E-state index in [1.54, 1.807) is 0 Å². The van der Waals surface area contributed by atoms with Gasteiger partial charge < -0.3 is 5.32 Å². The van der Waals surface area contributed by atoms with E-state index in [-0.39, 0.29) is 0 Å². The van der Waals surface area contributed by atoms with Crippen molar-refractivity contribution in [2.24, 2.45) is 0 Å². The highest BCUT2D eigenvalue weighted by Gasteiger charge is 2.30. The highest BCUT2D eigenvalue weighted by atomic mass is 35.5. The summed E-state index contributed by atoms with van der Waals surface area (Å²) in [4.78, 5) is 0. The van der Waals surface area contributed by atoms with Crippen molar-refractivity contribution < 1.29 is 0 Å². The van der Waals surface area contributed by atoms with Crippen molar-refractivity contribution in [3.63, 3.8) is 0 Å². The lowest BCUT2D eigenvalue weighted by atomic mass is 9.96. The van der Waals surface area contributed by atoms with Gasteiger partial charge >= 0.3 is 0 Å². The summed E-state index contributed by atoms with van der Waals surface area (Å²) >= 11 is 14.5. The third-order valence-electron chi connectivity index (χ3n) is 3.08. The van der Waals surface area contributed by atoms with Crippen LogP contribution in [0.1, 0.15) is 30.5 Å². The van der Waals surface area contributed by atoms with Crippen molar-refractivity contribution in [1.29, 1.82) is 0 Å². The molecule has 1 N–H and O–H groups in total. The maximum atomic E-state index is 6.30. The fourth-order valence-electron chi connectivity index (χ4n) is 2.25. The molecule has 0 radical (unpaired) electrons. The molecular weight excluding hydrogens is 261 g/mol. The van der Waals surface area contributed by atoms with Crippen LogP contribution in [0.25, 0.3) is 0 Å². The van der Waals surface area contributed by atoms with Gasteiger partial charge in [-0.2, -0.15) is 11.8 Å². The van der Waals surface area contributed by atoms with Crippen LogP contribution in [0.15, 0.2) is 12.1 Å². The van der Waals surface area contributed by atoms with Crippen LogP contribution in [0.4, 0.5) is 0 Å². The second kappa shape index (κ2) is 5.18. The van der Waals surface area contributed by atoms with E-state index in [2.05, 4.69) is 12.2 Å². The fraction of sp³-hybridized carbons (Fsp3) is 0.500. The first kappa shape index (κ1) is 12.6. The first-order valence-electron chi connectivity index (χ1n) is 5.44. The van der Waals surface area contributed by atoms with Gasteiger partial charge in [-0.1, -0.05) is 30.1 Å². The SMILES string of the molecule is CCC1SCc2c(Cl)ccc(Cl)c2C1NC. The summed E-state index contributed by atoms with van der Waals surface area (Å²) in [5.74, 6) is 0.964. The first-order valence-corrected chi connectivity index (χ1v) is 7.25.